The number of hydrogen-bond donors (Lipinski definition) is 0. The first-order valence-electron chi connectivity index (χ1n) is 12.4. The third-order valence-electron chi connectivity index (χ3n) is 6.96. The topological polar surface area (TPSA) is 78.8 Å². The van der Waals surface area contributed by atoms with Gasteiger partial charge in [0.2, 0.25) is 15.9 Å². The number of amides is 1. The molecular formula is C24H37N5O3S. The molecule has 1 saturated heterocycles. The van der Waals surface area contributed by atoms with Crippen molar-refractivity contribution < 1.29 is 13.2 Å². The highest BCUT2D eigenvalue weighted by atomic mass is 32.2. The van der Waals surface area contributed by atoms with Gasteiger partial charge >= 0.3 is 0 Å². The lowest BCUT2D eigenvalue weighted by molar-refractivity contribution is -0.132. The zero-order chi connectivity index (χ0) is 23.6. The SMILES string of the molecule is CCN(CC)S(=O)(=O)c1ccc2c(c1)nc(CCC(=O)N1CCN(CC3CC3)CC1)n2CC. The van der Waals surface area contributed by atoms with Crippen molar-refractivity contribution in [2.24, 2.45) is 5.92 Å². The molecule has 1 amide bonds. The quantitative estimate of drug-likeness (QED) is 0.528. The number of nitrogens with zero attached hydrogens (tertiary/aromatic N) is 5. The second-order valence-corrected chi connectivity index (χ2v) is 11.1. The standard InChI is InChI=1S/C24H37N5O3S/c1-4-28(5-2)33(31,32)20-9-10-22-21(17-20)25-23(29(22)6-3)11-12-24(30)27-15-13-26(14-16-27)18-19-7-8-19/h9-10,17,19H,4-8,11-16,18H2,1-3H3. The zero-order valence-corrected chi connectivity index (χ0v) is 21.0. The van der Waals surface area contributed by atoms with E-state index in [1.165, 1.54) is 23.7 Å². The van der Waals surface area contributed by atoms with Crippen LogP contribution in [-0.2, 0) is 27.8 Å². The predicted molar refractivity (Wildman–Crippen MR) is 130 cm³/mol. The summed E-state index contributed by atoms with van der Waals surface area (Å²) in [6.45, 7) is 12.1. The van der Waals surface area contributed by atoms with Crippen molar-refractivity contribution in [3.05, 3.63) is 24.0 Å². The molecule has 2 heterocycles. The van der Waals surface area contributed by atoms with E-state index in [1.54, 1.807) is 12.1 Å². The van der Waals surface area contributed by atoms with Gasteiger partial charge in [0.25, 0.3) is 0 Å². The minimum atomic E-state index is -3.53. The summed E-state index contributed by atoms with van der Waals surface area (Å²) in [7, 11) is -3.53. The van der Waals surface area contributed by atoms with Crippen LogP contribution in [0.2, 0.25) is 0 Å². The van der Waals surface area contributed by atoms with Crippen LogP contribution in [0, 0.1) is 5.92 Å². The van der Waals surface area contributed by atoms with E-state index in [0.29, 0.717) is 31.4 Å². The van der Waals surface area contributed by atoms with E-state index in [-0.39, 0.29) is 10.8 Å². The number of imidazole rings is 1. The van der Waals surface area contributed by atoms with Crippen LogP contribution in [0.1, 0.15) is 45.9 Å². The van der Waals surface area contributed by atoms with Crippen LogP contribution < -0.4 is 0 Å². The number of aryl methyl sites for hydroxylation is 2. The van der Waals surface area contributed by atoms with Gasteiger partial charge in [-0.2, -0.15) is 4.31 Å². The molecule has 2 aliphatic rings. The molecule has 2 aromatic rings. The maximum Gasteiger partial charge on any atom is 0.243 e. The van der Waals surface area contributed by atoms with Crippen molar-refractivity contribution in [3.8, 4) is 0 Å². The van der Waals surface area contributed by atoms with E-state index >= 15 is 0 Å². The van der Waals surface area contributed by atoms with Crippen LogP contribution in [0.3, 0.4) is 0 Å². The fourth-order valence-corrected chi connectivity index (χ4v) is 6.28. The van der Waals surface area contributed by atoms with Crippen molar-refractivity contribution in [2.75, 3.05) is 45.8 Å². The molecule has 0 N–H and O–H groups in total. The second kappa shape index (κ2) is 10.1. The maximum absolute atomic E-state index is 12.9. The number of piperazine rings is 1. The summed E-state index contributed by atoms with van der Waals surface area (Å²) in [5.41, 5.74) is 1.58. The molecule has 1 saturated carbocycles. The summed E-state index contributed by atoms with van der Waals surface area (Å²) in [6.07, 6.45) is 3.71. The zero-order valence-electron chi connectivity index (χ0n) is 20.2. The van der Waals surface area contributed by atoms with Crippen LogP contribution >= 0.6 is 0 Å². The lowest BCUT2D eigenvalue weighted by Crippen LogP contribution is -2.49. The first-order valence-corrected chi connectivity index (χ1v) is 13.8. The van der Waals surface area contributed by atoms with Crippen molar-refractivity contribution >= 4 is 27.0 Å². The van der Waals surface area contributed by atoms with Crippen LogP contribution in [0.5, 0.6) is 0 Å². The molecule has 8 nitrogen and oxygen atoms in total. The molecule has 1 aromatic heterocycles. The monoisotopic (exact) mass is 475 g/mol. The van der Waals surface area contributed by atoms with Gasteiger partial charge in [-0.3, -0.25) is 9.69 Å². The molecular weight excluding hydrogens is 438 g/mol. The van der Waals surface area contributed by atoms with Crippen LogP contribution in [0.15, 0.2) is 23.1 Å². The minimum absolute atomic E-state index is 0.181. The number of sulfonamides is 1. The minimum Gasteiger partial charge on any atom is -0.340 e. The Morgan fingerprint density at radius 3 is 2.39 bits per heavy atom. The average molecular weight is 476 g/mol. The van der Waals surface area contributed by atoms with E-state index in [1.807, 2.05) is 31.7 Å². The Balaban J connectivity index is 1.43. The van der Waals surface area contributed by atoms with E-state index in [2.05, 4.69) is 9.47 Å². The van der Waals surface area contributed by atoms with Crippen molar-refractivity contribution in [1.82, 2.24) is 23.7 Å². The van der Waals surface area contributed by atoms with Gasteiger partial charge in [-0.25, -0.2) is 13.4 Å². The molecule has 0 bridgehead atoms. The second-order valence-electron chi connectivity index (χ2n) is 9.14. The third kappa shape index (κ3) is 5.25. The van der Waals surface area contributed by atoms with Crippen molar-refractivity contribution in [3.63, 3.8) is 0 Å². The summed E-state index contributed by atoms with van der Waals surface area (Å²) in [6, 6.07) is 5.17. The van der Waals surface area contributed by atoms with Crippen molar-refractivity contribution in [2.45, 2.75) is 57.9 Å². The van der Waals surface area contributed by atoms with Gasteiger partial charge in [0, 0.05) is 65.2 Å². The molecule has 1 aromatic carbocycles. The van der Waals surface area contributed by atoms with Crippen molar-refractivity contribution in [1.29, 1.82) is 0 Å². The molecule has 0 radical (unpaired) electrons. The number of fused-ring (bicyclic) bond motifs is 1. The van der Waals surface area contributed by atoms with E-state index in [4.69, 9.17) is 4.98 Å². The Morgan fingerprint density at radius 1 is 1.09 bits per heavy atom. The molecule has 0 spiro atoms. The lowest BCUT2D eigenvalue weighted by atomic mass is 10.2. The number of benzene rings is 1. The Morgan fingerprint density at radius 2 is 1.79 bits per heavy atom. The first-order chi connectivity index (χ1) is 15.9. The number of carbonyl (C=O) groups is 1. The van der Waals surface area contributed by atoms with E-state index < -0.39 is 10.0 Å². The average Bonchev–Trinajstić information content (AvgIpc) is 3.56. The van der Waals surface area contributed by atoms with Gasteiger partial charge in [-0.15, -0.1) is 0 Å². The van der Waals surface area contributed by atoms with Gasteiger partial charge in [0.1, 0.15) is 5.82 Å². The Labute approximate surface area is 197 Å². The third-order valence-corrected chi connectivity index (χ3v) is 9.00. The number of rotatable bonds is 10. The Bertz CT molecular complexity index is 1080. The summed E-state index contributed by atoms with van der Waals surface area (Å²) in [5.74, 6) is 1.91. The fourth-order valence-electron chi connectivity index (χ4n) is 4.80. The largest absolute Gasteiger partial charge is 0.340 e. The van der Waals surface area contributed by atoms with Gasteiger partial charge in [0.05, 0.1) is 15.9 Å². The van der Waals surface area contributed by atoms with Gasteiger partial charge in [0.15, 0.2) is 0 Å². The number of hydrogen-bond acceptors (Lipinski definition) is 5. The Hall–Kier alpha value is -1.97. The summed E-state index contributed by atoms with van der Waals surface area (Å²) < 4.78 is 29.4. The number of carbonyl (C=O) groups excluding carboxylic acids is 1. The molecule has 1 aliphatic heterocycles. The van der Waals surface area contributed by atoms with Crippen LogP contribution in [0.4, 0.5) is 0 Å². The smallest absolute Gasteiger partial charge is 0.243 e. The van der Waals surface area contributed by atoms with Gasteiger partial charge in [-0.1, -0.05) is 13.8 Å². The molecule has 182 valence electrons. The number of aromatic nitrogens is 2. The fraction of sp³-hybridized carbons (Fsp3) is 0.667. The maximum atomic E-state index is 12.9. The molecule has 4 rings (SSSR count). The highest BCUT2D eigenvalue weighted by Crippen LogP contribution is 2.30. The molecule has 0 atom stereocenters. The van der Waals surface area contributed by atoms with Crippen LogP contribution in [-0.4, -0.2) is 83.8 Å². The summed E-state index contributed by atoms with van der Waals surface area (Å²) >= 11 is 0. The predicted octanol–water partition coefficient (Wildman–Crippen LogP) is 2.57. The van der Waals surface area contributed by atoms with E-state index in [0.717, 1.165) is 50.0 Å². The van der Waals surface area contributed by atoms with Gasteiger partial charge < -0.3 is 9.47 Å². The molecule has 2 fully saturated rings. The summed E-state index contributed by atoms with van der Waals surface area (Å²) in [4.78, 5) is 22.3. The normalized spacial score (nSPS) is 17.9. The first kappa shape index (κ1) is 24.2. The van der Waals surface area contributed by atoms with Gasteiger partial charge in [-0.05, 0) is 43.9 Å². The summed E-state index contributed by atoms with van der Waals surface area (Å²) in [5, 5.41) is 0. The lowest BCUT2D eigenvalue weighted by Gasteiger charge is -2.34. The molecule has 0 unspecified atom stereocenters. The molecule has 33 heavy (non-hydrogen) atoms. The highest BCUT2D eigenvalue weighted by molar-refractivity contribution is 7.89. The Kier molecular flexibility index (Phi) is 7.40. The van der Waals surface area contributed by atoms with Crippen LogP contribution in [0.25, 0.3) is 11.0 Å². The molecule has 1 aliphatic carbocycles. The highest BCUT2D eigenvalue weighted by Gasteiger charge is 2.28. The van der Waals surface area contributed by atoms with E-state index in [9.17, 15) is 13.2 Å². The molecule has 9 heteroatoms.